The van der Waals surface area contributed by atoms with Crippen molar-refractivity contribution in [2.45, 2.75) is 26.7 Å². The van der Waals surface area contributed by atoms with Gasteiger partial charge in [0.05, 0.1) is 17.8 Å². The quantitative estimate of drug-likeness (QED) is 0.764. The molecule has 2 rings (SSSR count). The van der Waals surface area contributed by atoms with E-state index in [1.165, 1.54) is 0 Å². The molecule has 1 aromatic heterocycles. The van der Waals surface area contributed by atoms with Crippen molar-refractivity contribution in [3.63, 3.8) is 0 Å². The lowest BCUT2D eigenvalue weighted by atomic mass is 10.1. The first-order valence-electron chi connectivity index (χ1n) is 7.75. The van der Waals surface area contributed by atoms with Gasteiger partial charge in [-0.2, -0.15) is 5.10 Å². The summed E-state index contributed by atoms with van der Waals surface area (Å²) in [5, 5.41) is 11.3. The molecule has 6 heteroatoms. The van der Waals surface area contributed by atoms with Crippen LogP contribution >= 0.6 is 11.6 Å². The highest BCUT2D eigenvalue weighted by molar-refractivity contribution is 6.30. The van der Waals surface area contributed by atoms with Crippen molar-refractivity contribution in [3.05, 3.63) is 46.2 Å². The number of amides is 1. The van der Waals surface area contributed by atoms with Gasteiger partial charge < -0.3 is 10.6 Å². The van der Waals surface area contributed by atoms with E-state index in [1.807, 2.05) is 49.8 Å². The zero-order valence-corrected chi connectivity index (χ0v) is 14.6. The van der Waals surface area contributed by atoms with Crippen molar-refractivity contribution < 1.29 is 4.79 Å². The summed E-state index contributed by atoms with van der Waals surface area (Å²) in [4.78, 5) is 12.1. The topological polar surface area (TPSA) is 58.9 Å². The summed E-state index contributed by atoms with van der Waals surface area (Å²) < 4.78 is 1.86. The van der Waals surface area contributed by atoms with Gasteiger partial charge in [0.2, 0.25) is 5.91 Å². The molecule has 0 spiro atoms. The number of hydrogen-bond donors (Lipinski definition) is 2. The Labute approximate surface area is 142 Å². The highest BCUT2D eigenvalue weighted by atomic mass is 35.5. The highest BCUT2D eigenvalue weighted by Crippen LogP contribution is 2.20. The number of nitrogens with zero attached hydrogens (tertiary/aromatic N) is 2. The summed E-state index contributed by atoms with van der Waals surface area (Å²) >= 11 is 5.93. The Hall–Kier alpha value is -1.85. The maximum atomic E-state index is 12.1. The Morgan fingerprint density at radius 3 is 2.57 bits per heavy atom. The summed E-state index contributed by atoms with van der Waals surface area (Å²) in [6, 6.07) is 7.51. The molecule has 0 aliphatic rings. The third-order valence-electron chi connectivity index (χ3n) is 3.78. The van der Waals surface area contributed by atoms with E-state index in [-0.39, 0.29) is 5.91 Å². The molecule has 2 aromatic rings. The summed E-state index contributed by atoms with van der Waals surface area (Å²) in [6.07, 6.45) is 1.27. The first-order valence-corrected chi connectivity index (χ1v) is 8.13. The largest absolute Gasteiger partial charge is 0.356 e. The Morgan fingerprint density at radius 1 is 1.22 bits per heavy atom. The number of carbonyl (C=O) groups excluding carboxylic acids is 1. The van der Waals surface area contributed by atoms with Gasteiger partial charge in [0.15, 0.2) is 0 Å². The molecule has 2 N–H and O–H groups in total. The number of hydrogen-bond acceptors (Lipinski definition) is 3. The van der Waals surface area contributed by atoms with Crippen molar-refractivity contribution in [2.24, 2.45) is 0 Å². The minimum Gasteiger partial charge on any atom is -0.356 e. The van der Waals surface area contributed by atoms with E-state index < -0.39 is 0 Å². The van der Waals surface area contributed by atoms with Crippen molar-refractivity contribution in [1.29, 1.82) is 0 Å². The fourth-order valence-electron chi connectivity index (χ4n) is 2.48. The molecule has 0 bridgehead atoms. The van der Waals surface area contributed by atoms with E-state index in [4.69, 9.17) is 11.6 Å². The van der Waals surface area contributed by atoms with E-state index in [9.17, 15) is 4.79 Å². The molecule has 0 saturated heterocycles. The average Bonchev–Trinajstić information content (AvgIpc) is 2.80. The first kappa shape index (κ1) is 17.5. The Bertz CT molecular complexity index is 664. The van der Waals surface area contributed by atoms with Gasteiger partial charge in [-0.05, 0) is 58.1 Å². The number of rotatable bonds is 7. The first-order chi connectivity index (χ1) is 11.0. The fraction of sp³-hybridized carbons (Fsp3) is 0.412. The molecule has 1 heterocycles. The predicted octanol–water partition coefficient (Wildman–Crippen LogP) is 2.41. The Balaban J connectivity index is 2.08. The van der Waals surface area contributed by atoms with Crippen molar-refractivity contribution >= 4 is 17.5 Å². The lowest BCUT2D eigenvalue weighted by Gasteiger charge is -2.07. The molecule has 0 radical (unpaired) electrons. The van der Waals surface area contributed by atoms with Gasteiger partial charge in [0.1, 0.15) is 0 Å². The molecule has 1 amide bonds. The number of aromatic nitrogens is 2. The maximum absolute atomic E-state index is 12.1. The summed E-state index contributed by atoms with van der Waals surface area (Å²) in [5.74, 6) is 0.0305. The molecule has 1 aromatic carbocycles. The SMILES string of the molecule is CNCCCNC(=O)Cc1c(C)nn(-c2ccc(Cl)cc2)c1C. The third-order valence-corrected chi connectivity index (χ3v) is 4.03. The molecule has 0 saturated carbocycles. The van der Waals surface area contributed by atoms with E-state index >= 15 is 0 Å². The average molecular weight is 335 g/mol. The molecule has 0 atom stereocenters. The van der Waals surface area contributed by atoms with Crippen LogP contribution in [0.1, 0.15) is 23.4 Å². The number of halogens is 1. The molecule has 0 aliphatic heterocycles. The number of nitrogens with one attached hydrogen (secondary N) is 2. The van der Waals surface area contributed by atoms with Gasteiger partial charge in [-0.1, -0.05) is 11.6 Å². The fourth-order valence-corrected chi connectivity index (χ4v) is 2.61. The van der Waals surface area contributed by atoms with Crippen LogP contribution in [0.5, 0.6) is 0 Å². The van der Waals surface area contributed by atoms with Crippen molar-refractivity contribution in [3.8, 4) is 5.69 Å². The number of benzene rings is 1. The lowest BCUT2D eigenvalue weighted by molar-refractivity contribution is -0.120. The second-order valence-electron chi connectivity index (χ2n) is 5.52. The molecular weight excluding hydrogens is 312 g/mol. The number of carbonyl (C=O) groups is 1. The lowest BCUT2D eigenvalue weighted by Crippen LogP contribution is -2.28. The minimum atomic E-state index is 0.0305. The van der Waals surface area contributed by atoms with Gasteiger partial charge in [-0.15, -0.1) is 0 Å². The van der Waals surface area contributed by atoms with Crippen LogP contribution in [0.4, 0.5) is 0 Å². The second-order valence-corrected chi connectivity index (χ2v) is 5.96. The van der Waals surface area contributed by atoms with Crippen LogP contribution in [0.2, 0.25) is 5.02 Å². The van der Waals surface area contributed by atoms with E-state index in [0.29, 0.717) is 18.0 Å². The smallest absolute Gasteiger partial charge is 0.224 e. The molecule has 0 fully saturated rings. The van der Waals surface area contributed by atoms with Crippen molar-refractivity contribution in [1.82, 2.24) is 20.4 Å². The minimum absolute atomic E-state index is 0.0305. The van der Waals surface area contributed by atoms with Crippen LogP contribution in [-0.4, -0.2) is 35.8 Å². The highest BCUT2D eigenvalue weighted by Gasteiger charge is 2.15. The van der Waals surface area contributed by atoms with Gasteiger partial charge in [-0.25, -0.2) is 4.68 Å². The summed E-state index contributed by atoms with van der Waals surface area (Å²) in [7, 11) is 1.90. The van der Waals surface area contributed by atoms with Gasteiger partial charge >= 0.3 is 0 Å². The van der Waals surface area contributed by atoms with E-state index in [0.717, 1.165) is 35.6 Å². The van der Waals surface area contributed by atoms with Gasteiger partial charge in [0.25, 0.3) is 0 Å². The second kappa shape index (κ2) is 8.13. The Morgan fingerprint density at radius 2 is 1.91 bits per heavy atom. The van der Waals surface area contributed by atoms with E-state index in [2.05, 4.69) is 15.7 Å². The normalized spacial score (nSPS) is 10.8. The molecule has 23 heavy (non-hydrogen) atoms. The van der Waals surface area contributed by atoms with Crippen LogP contribution in [0.25, 0.3) is 5.69 Å². The van der Waals surface area contributed by atoms with Crippen LogP contribution in [-0.2, 0) is 11.2 Å². The van der Waals surface area contributed by atoms with Gasteiger partial charge in [0, 0.05) is 22.8 Å². The van der Waals surface area contributed by atoms with Crippen LogP contribution in [0.15, 0.2) is 24.3 Å². The van der Waals surface area contributed by atoms with Gasteiger partial charge in [-0.3, -0.25) is 4.79 Å². The summed E-state index contributed by atoms with van der Waals surface area (Å²) in [6.45, 7) is 5.50. The van der Waals surface area contributed by atoms with E-state index in [1.54, 1.807) is 0 Å². The molecular formula is C17H23ClN4O. The maximum Gasteiger partial charge on any atom is 0.224 e. The van der Waals surface area contributed by atoms with Crippen molar-refractivity contribution in [2.75, 3.05) is 20.1 Å². The van der Waals surface area contributed by atoms with Crippen LogP contribution in [0, 0.1) is 13.8 Å². The molecule has 124 valence electrons. The zero-order valence-electron chi connectivity index (χ0n) is 13.8. The Kier molecular flexibility index (Phi) is 6.19. The third kappa shape index (κ3) is 4.56. The molecule has 5 nitrogen and oxygen atoms in total. The van der Waals surface area contributed by atoms with Crippen LogP contribution in [0.3, 0.4) is 0 Å². The monoisotopic (exact) mass is 334 g/mol. The number of aryl methyl sites for hydroxylation is 1. The summed E-state index contributed by atoms with van der Waals surface area (Å²) in [5.41, 5.74) is 3.78. The molecule has 0 unspecified atom stereocenters. The zero-order chi connectivity index (χ0) is 16.8. The predicted molar refractivity (Wildman–Crippen MR) is 93.3 cm³/mol. The standard InChI is InChI=1S/C17H23ClN4O/c1-12-16(11-17(23)20-10-4-9-19-3)13(2)22(21-12)15-7-5-14(18)6-8-15/h5-8,19H,4,9-11H2,1-3H3,(H,20,23). The van der Waals surface area contributed by atoms with Crippen LogP contribution < -0.4 is 10.6 Å². The molecule has 0 aliphatic carbocycles.